The van der Waals surface area contributed by atoms with Crippen molar-refractivity contribution in [2.75, 3.05) is 11.9 Å². The number of rotatable bonds is 3. The molecule has 1 aromatic rings. The monoisotopic (exact) mass is 219 g/mol. The first kappa shape index (κ1) is 10.7. The molecule has 0 unspecified atom stereocenters. The second kappa shape index (κ2) is 3.96. The second-order valence-corrected chi connectivity index (χ2v) is 3.94. The lowest BCUT2D eigenvalue weighted by molar-refractivity contribution is -0.137. The van der Waals surface area contributed by atoms with Gasteiger partial charge in [0.1, 0.15) is 0 Å². The molecule has 1 aliphatic heterocycles. The van der Waals surface area contributed by atoms with E-state index in [-0.39, 0.29) is 18.2 Å². The molecule has 0 spiro atoms. The minimum absolute atomic E-state index is 0.0116. The number of hydrogen-bond donors (Lipinski definition) is 1. The average Bonchev–Trinajstić information content (AvgIpc) is 2.50. The summed E-state index contributed by atoms with van der Waals surface area (Å²) in [5, 5.41) is 8.65. The summed E-state index contributed by atoms with van der Waals surface area (Å²) in [6.07, 6.45) is 0.397. The molecule has 0 saturated carbocycles. The van der Waals surface area contributed by atoms with Crippen LogP contribution in [-0.4, -0.2) is 24.0 Å². The fraction of sp³-hybridized carbons (Fsp3) is 0.333. The van der Waals surface area contributed by atoms with Crippen LogP contribution < -0.4 is 4.90 Å². The summed E-state index contributed by atoms with van der Waals surface area (Å²) in [5.74, 6) is -1.17. The Hall–Kier alpha value is -1.84. The predicted octanol–water partition coefficient (Wildman–Crippen LogP) is 1.61. The highest BCUT2D eigenvalue weighted by Crippen LogP contribution is 2.38. The Morgan fingerprint density at radius 1 is 1.44 bits per heavy atom. The third-order valence-corrected chi connectivity index (χ3v) is 2.95. The maximum absolute atomic E-state index is 11.9. The van der Waals surface area contributed by atoms with Gasteiger partial charge in [-0.15, -0.1) is 0 Å². The van der Waals surface area contributed by atoms with Gasteiger partial charge in [0.15, 0.2) is 0 Å². The van der Waals surface area contributed by atoms with Gasteiger partial charge in [-0.3, -0.25) is 9.59 Å². The van der Waals surface area contributed by atoms with E-state index in [1.807, 2.05) is 24.3 Å². The van der Waals surface area contributed by atoms with Gasteiger partial charge in [-0.1, -0.05) is 18.2 Å². The van der Waals surface area contributed by atoms with Gasteiger partial charge in [0.25, 0.3) is 0 Å². The molecule has 0 bridgehead atoms. The minimum atomic E-state index is -0.861. The fourth-order valence-electron chi connectivity index (χ4n) is 2.12. The van der Waals surface area contributed by atoms with E-state index in [0.29, 0.717) is 6.42 Å². The standard InChI is InChI=1S/C12H13NO3/c1-13-10-5-3-2-4-8(10)9(12(13)16)6-7-11(14)15/h2-5,9H,6-7H2,1H3,(H,14,15)/t9-/m1/s1. The van der Waals surface area contributed by atoms with E-state index in [1.165, 1.54) is 0 Å². The number of aliphatic carboxylic acids is 1. The Balaban J connectivity index is 2.27. The molecular formula is C12H13NO3. The minimum Gasteiger partial charge on any atom is -0.481 e. The first-order valence-electron chi connectivity index (χ1n) is 5.19. The molecule has 0 saturated heterocycles. The third-order valence-electron chi connectivity index (χ3n) is 2.95. The number of carboxylic acid groups (broad SMARTS) is 1. The van der Waals surface area contributed by atoms with Crippen molar-refractivity contribution in [1.29, 1.82) is 0 Å². The van der Waals surface area contributed by atoms with Gasteiger partial charge in [0.2, 0.25) is 5.91 Å². The van der Waals surface area contributed by atoms with Crippen molar-refractivity contribution in [2.45, 2.75) is 18.8 Å². The summed E-state index contributed by atoms with van der Waals surface area (Å²) in [6, 6.07) is 7.53. The van der Waals surface area contributed by atoms with Crippen LogP contribution in [0.5, 0.6) is 0 Å². The Labute approximate surface area is 93.5 Å². The van der Waals surface area contributed by atoms with Gasteiger partial charge in [-0.05, 0) is 18.1 Å². The van der Waals surface area contributed by atoms with Crippen molar-refractivity contribution in [2.24, 2.45) is 0 Å². The maximum Gasteiger partial charge on any atom is 0.303 e. The van der Waals surface area contributed by atoms with Crippen LogP contribution in [0.4, 0.5) is 5.69 Å². The van der Waals surface area contributed by atoms with Crippen molar-refractivity contribution in [3.05, 3.63) is 29.8 Å². The smallest absolute Gasteiger partial charge is 0.303 e. The normalized spacial score (nSPS) is 18.7. The highest BCUT2D eigenvalue weighted by Gasteiger charge is 2.34. The lowest BCUT2D eigenvalue weighted by Crippen LogP contribution is -2.24. The molecule has 1 aromatic carbocycles. The number of hydrogen-bond acceptors (Lipinski definition) is 2. The van der Waals surface area contributed by atoms with E-state index in [2.05, 4.69) is 0 Å². The van der Waals surface area contributed by atoms with Crippen LogP contribution in [0.1, 0.15) is 24.3 Å². The SMILES string of the molecule is CN1C(=O)[C@H](CCC(=O)O)c2ccccc21. The van der Waals surface area contributed by atoms with Gasteiger partial charge in [-0.2, -0.15) is 0 Å². The van der Waals surface area contributed by atoms with Crippen LogP contribution >= 0.6 is 0 Å². The highest BCUT2D eigenvalue weighted by atomic mass is 16.4. The molecule has 16 heavy (non-hydrogen) atoms. The number of likely N-dealkylation sites (N-methyl/N-ethyl adjacent to an activating group) is 1. The van der Waals surface area contributed by atoms with Crippen LogP contribution in [-0.2, 0) is 9.59 Å². The molecule has 1 amide bonds. The average molecular weight is 219 g/mol. The fourth-order valence-corrected chi connectivity index (χ4v) is 2.12. The molecule has 0 aliphatic carbocycles. The van der Waals surface area contributed by atoms with E-state index in [4.69, 9.17) is 5.11 Å². The van der Waals surface area contributed by atoms with Crippen LogP contribution in [0.3, 0.4) is 0 Å². The zero-order valence-electron chi connectivity index (χ0n) is 9.01. The summed E-state index contributed by atoms with van der Waals surface area (Å²) in [4.78, 5) is 24.0. The van der Waals surface area contributed by atoms with E-state index < -0.39 is 5.97 Å². The summed E-state index contributed by atoms with van der Waals surface area (Å²) in [6.45, 7) is 0. The summed E-state index contributed by atoms with van der Waals surface area (Å²) >= 11 is 0. The number of fused-ring (bicyclic) bond motifs is 1. The van der Waals surface area contributed by atoms with Gasteiger partial charge < -0.3 is 10.0 Å². The van der Waals surface area contributed by atoms with Gasteiger partial charge >= 0.3 is 5.97 Å². The number of carboxylic acids is 1. The molecule has 2 rings (SSSR count). The van der Waals surface area contributed by atoms with Crippen molar-refractivity contribution in [3.63, 3.8) is 0 Å². The quantitative estimate of drug-likeness (QED) is 0.840. The number of benzene rings is 1. The first-order valence-corrected chi connectivity index (χ1v) is 5.19. The Kier molecular flexibility index (Phi) is 2.64. The first-order chi connectivity index (χ1) is 7.61. The van der Waals surface area contributed by atoms with E-state index in [9.17, 15) is 9.59 Å². The number of amides is 1. The molecule has 4 nitrogen and oxygen atoms in total. The molecule has 84 valence electrons. The lowest BCUT2D eigenvalue weighted by Gasteiger charge is -2.10. The number of para-hydroxylation sites is 1. The zero-order valence-corrected chi connectivity index (χ0v) is 9.01. The van der Waals surface area contributed by atoms with Crippen LogP contribution in [0, 0.1) is 0 Å². The number of anilines is 1. The second-order valence-electron chi connectivity index (χ2n) is 3.94. The molecular weight excluding hydrogens is 206 g/mol. The van der Waals surface area contributed by atoms with Crippen molar-refractivity contribution >= 4 is 17.6 Å². The molecule has 1 aliphatic rings. The van der Waals surface area contributed by atoms with E-state index in [0.717, 1.165) is 11.3 Å². The van der Waals surface area contributed by atoms with Crippen molar-refractivity contribution < 1.29 is 14.7 Å². The van der Waals surface area contributed by atoms with Gasteiger partial charge in [0, 0.05) is 19.2 Å². The molecule has 1 atom stereocenters. The largest absolute Gasteiger partial charge is 0.481 e. The van der Waals surface area contributed by atoms with Crippen molar-refractivity contribution in [1.82, 2.24) is 0 Å². The third kappa shape index (κ3) is 1.66. The zero-order chi connectivity index (χ0) is 11.7. The van der Waals surface area contributed by atoms with Crippen LogP contribution in [0.2, 0.25) is 0 Å². The molecule has 0 fully saturated rings. The highest BCUT2D eigenvalue weighted by molar-refractivity contribution is 6.04. The van der Waals surface area contributed by atoms with Gasteiger partial charge in [-0.25, -0.2) is 0 Å². The molecule has 1 heterocycles. The molecule has 4 heteroatoms. The Morgan fingerprint density at radius 3 is 2.81 bits per heavy atom. The lowest BCUT2D eigenvalue weighted by atomic mass is 9.96. The topological polar surface area (TPSA) is 57.6 Å². The van der Waals surface area contributed by atoms with E-state index >= 15 is 0 Å². The molecule has 0 aromatic heterocycles. The summed E-state index contributed by atoms with van der Waals surface area (Å²) < 4.78 is 0. The van der Waals surface area contributed by atoms with Gasteiger partial charge in [0.05, 0.1) is 5.92 Å². The van der Waals surface area contributed by atoms with Crippen molar-refractivity contribution in [3.8, 4) is 0 Å². The summed E-state index contributed by atoms with van der Waals surface area (Å²) in [5.41, 5.74) is 1.83. The Bertz CT molecular complexity index is 442. The molecule has 1 N–H and O–H groups in total. The van der Waals surface area contributed by atoms with Crippen LogP contribution in [0.15, 0.2) is 24.3 Å². The number of carbonyl (C=O) groups is 2. The predicted molar refractivity (Wildman–Crippen MR) is 59.5 cm³/mol. The summed E-state index contributed by atoms with van der Waals surface area (Å²) in [7, 11) is 1.72. The van der Waals surface area contributed by atoms with E-state index in [1.54, 1.807) is 11.9 Å². The molecule has 0 radical (unpaired) electrons. The van der Waals surface area contributed by atoms with Crippen LogP contribution in [0.25, 0.3) is 0 Å². The number of nitrogens with zero attached hydrogens (tertiary/aromatic N) is 1. The maximum atomic E-state index is 11.9. The Morgan fingerprint density at radius 2 is 2.12 bits per heavy atom. The number of carbonyl (C=O) groups excluding carboxylic acids is 1.